The molecule has 1 aromatic carbocycles. The Morgan fingerprint density at radius 1 is 1.05 bits per heavy atom. The van der Waals surface area contributed by atoms with Crippen LogP contribution >= 0.6 is 0 Å². The maximum Gasteiger partial charge on any atom is 0.229 e. The molecule has 0 spiro atoms. The van der Waals surface area contributed by atoms with Crippen LogP contribution in [0.3, 0.4) is 0 Å². The van der Waals surface area contributed by atoms with Gasteiger partial charge in [0.05, 0.1) is 12.3 Å². The highest BCUT2D eigenvalue weighted by Gasteiger charge is 2.09. The minimum Gasteiger partial charge on any atom is -0.464 e. The van der Waals surface area contributed by atoms with E-state index in [-0.39, 0.29) is 6.04 Å². The largest absolute Gasteiger partial charge is 0.464 e. The van der Waals surface area contributed by atoms with Crippen LogP contribution in [0.4, 0.5) is 11.4 Å². The van der Waals surface area contributed by atoms with Gasteiger partial charge in [-0.3, -0.25) is 4.72 Å². The highest BCUT2D eigenvalue weighted by atomic mass is 32.2. The molecule has 20 heavy (non-hydrogen) atoms. The van der Waals surface area contributed by atoms with E-state index in [0.29, 0.717) is 5.69 Å². The minimum absolute atomic E-state index is 0.0393. The van der Waals surface area contributed by atoms with Crippen LogP contribution in [0, 0.1) is 6.92 Å². The molecule has 1 heterocycles. The highest BCUT2D eigenvalue weighted by molar-refractivity contribution is 7.92. The Balaban J connectivity index is 2.03. The summed E-state index contributed by atoms with van der Waals surface area (Å²) in [4.78, 5) is 0. The molecule has 0 amide bonds. The zero-order valence-corrected chi connectivity index (χ0v) is 12.5. The fourth-order valence-corrected chi connectivity index (χ4v) is 2.42. The third-order valence-corrected chi connectivity index (χ3v) is 3.37. The summed E-state index contributed by atoms with van der Waals surface area (Å²) in [5.74, 6) is 1.74. The maximum atomic E-state index is 11.1. The normalized spacial score (nSPS) is 12.9. The molecule has 108 valence electrons. The number of benzene rings is 1. The summed E-state index contributed by atoms with van der Waals surface area (Å²) in [6.45, 7) is 3.91. The first-order valence-electron chi connectivity index (χ1n) is 6.24. The molecule has 0 aliphatic rings. The van der Waals surface area contributed by atoms with Gasteiger partial charge in [0.15, 0.2) is 0 Å². The average Bonchev–Trinajstić information content (AvgIpc) is 2.77. The van der Waals surface area contributed by atoms with Crippen molar-refractivity contribution in [3.63, 3.8) is 0 Å². The van der Waals surface area contributed by atoms with Gasteiger partial charge in [-0.1, -0.05) is 0 Å². The standard InChI is InChI=1S/C14H18N2O3S/c1-10-4-9-14(19-10)11(2)15-12-5-7-13(8-6-12)16-20(3,17)18/h4-9,11,15-16H,1-3H3. The predicted octanol–water partition coefficient (Wildman–Crippen LogP) is 3.13. The van der Waals surface area contributed by atoms with Crippen molar-refractivity contribution in [1.82, 2.24) is 0 Å². The van der Waals surface area contributed by atoms with Gasteiger partial charge < -0.3 is 9.73 Å². The molecule has 5 nitrogen and oxygen atoms in total. The van der Waals surface area contributed by atoms with Crippen LogP contribution in [0.15, 0.2) is 40.8 Å². The molecule has 0 aliphatic carbocycles. The Kier molecular flexibility index (Phi) is 4.04. The quantitative estimate of drug-likeness (QED) is 0.888. The van der Waals surface area contributed by atoms with E-state index in [9.17, 15) is 8.42 Å². The Morgan fingerprint density at radius 3 is 2.15 bits per heavy atom. The van der Waals surface area contributed by atoms with Gasteiger partial charge in [0.1, 0.15) is 11.5 Å². The molecule has 6 heteroatoms. The summed E-state index contributed by atoms with van der Waals surface area (Å²) >= 11 is 0. The summed E-state index contributed by atoms with van der Waals surface area (Å²) in [5, 5.41) is 3.29. The van der Waals surface area contributed by atoms with E-state index >= 15 is 0 Å². The number of hydrogen-bond donors (Lipinski definition) is 2. The third-order valence-electron chi connectivity index (χ3n) is 2.76. The van der Waals surface area contributed by atoms with E-state index in [2.05, 4.69) is 10.0 Å². The lowest BCUT2D eigenvalue weighted by atomic mass is 10.2. The topological polar surface area (TPSA) is 71.3 Å². The van der Waals surface area contributed by atoms with Crippen LogP contribution in [-0.4, -0.2) is 14.7 Å². The van der Waals surface area contributed by atoms with Crippen molar-refractivity contribution in [2.75, 3.05) is 16.3 Å². The molecule has 1 aromatic heterocycles. The van der Waals surface area contributed by atoms with Crippen LogP contribution in [0.5, 0.6) is 0 Å². The summed E-state index contributed by atoms with van der Waals surface area (Å²) in [6.07, 6.45) is 1.13. The summed E-state index contributed by atoms with van der Waals surface area (Å²) < 4.78 is 30.2. The van der Waals surface area contributed by atoms with Gasteiger partial charge in [0, 0.05) is 11.4 Å². The van der Waals surface area contributed by atoms with Crippen LogP contribution in [0.25, 0.3) is 0 Å². The number of rotatable bonds is 5. The van der Waals surface area contributed by atoms with Crippen molar-refractivity contribution in [2.45, 2.75) is 19.9 Å². The first-order valence-corrected chi connectivity index (χ1v) is 8.13. The number of nitrogens with one attached hydrogen (secondary N) is 2. The highest BCUT2D eigenvalue weighted by Crippen LogP contribution is 2.22. The van der Waals surface area contributed by atoms with E-state index < -0.39 is 10.0 Å². The molecule has 0 saturated carbocycles. The monoisotopic (exact) mass is 294 g/mol. The zero-order chi connectivity index (χ0) is 14.8. The van der Waals surface area contributed by atoms with E-state index in [1.807, 2.05) is 38.1 Å². The zero-order valence-electron chi connectivity index (χ0n) is 11.7. The number of anilines is 2. The second-order valence-corrected chi connectivity index (χ2v) is 6.51. The molecule has 1 unspecified atom stereocenters. The second kappa shape index (κ2) is 5.58. The van der Waals surface area contributed by atoms with E-state index in [0.717, 1.165) is 23.5 Å². The first kappa shape index (κ1) is 14.5. The smallest absolute Gasteiger partial charge is 0.229 e. The Bertz CT molecular complexity index is 675. The lowest BCUT2D eigenvalue weighted by Gasteiger charge is -2.13. The SMILES string of the molecule is Cc1ccc(C(C)Nc2ccc(NS(C)(=O)=O)cc2)o1. The predicted molar refractivity (Wildman–Crippen MR) is 80.4 cm³/mol. The molecule has 0 radical (unpaired) electrons. The van der Waals surface area contributed by atoms with E-state index in [4.69, 9.17) is 4.42 Å². The molecule has 2 aromatic rings. The molecule has 0 fully saturated rings. The fourth-order valence-electron chi connectivity index (χ4n) is 1.86. The average molecular weight is 294 g/mol. The number of hydrogen-bond acceptors (Lipinski definition) is 4. The summed E-state index contributed by atoms with van der Waals surface area (Å²) in [7, 11) is -3.24. The summed E-state index contributed by atoms with van der Waals surface area (Å²) in [5.41, 5.74) is 1.44. The molecular formula is C14H18N2O3S. The van der Waals surface area contributed by atoms with Gasteiger partial charge in [-0.25, -0.2) is 8.42 Å². The Labute approximate surface area is 119 Å². The molecule has 0 saturated heterocycles. The molecule has 2 N–H and O–H groups in total. The van der Waals surface area contributed by atoms with Crippen LogP contribution in [0.1, 0.15) is 24.5 Å². The minimum atomic E-state index is -3.24. The van der Waals surface area contributed by atoms with Gasteiger partial charge in [-0.15, -0.1) is 0 Å². The van der Waals surface area contributed by atoms with Gasteiger partial charge in [0.25, 0.3) is 0 Å². The Hall–Kier alpha value is -1.95. The molecular weight excluding hydrogens is 276 g/mol. The van der Waals surface area contributed by atoms with Gasteiger partial charge >= 0.3 is 0 Å². The molecule has 2 rings (SSSR count). The van der Waals surface area contributed by atoms with Crippen molar-refractivity contribution >= 4 is 21.4 Å². The lowest BCUT2D eigenvalue weighted by Crippen LogP contribution is -2.09. The van der Waals surface area contributed by atoms with Crippen molar-refractivity contribution in [2.24, 2.45) is 0 Å². The van der Waals surface area contributed by atoms with Gasteiger partial charge in [0.2, 0.25) is 10.0 Å². The van der Waals surface area contributed by atoms with Crippen molar-refractivity contribution in [1.29, 1.82) is 0 Å². The lowest BCUT2D eigenvalue weighted by molar-refractivity contribution is 0.467. The summed E-state index contributed by atoms with van der Waals surface area (Å²) in [6, 6.07) is 11.0. The number of aryl methyl sites for hydroxylation is 1. The van der Waals surface area contributed by atoms with Crippen LogP contribution in [0.2, 0.25) is 0 Å². The molecule has 1 atom stereocenters. The fraction of sp³-hybridized carbons (Fsp3) is 0.286. The molecule has 0 bridgehead atoms. The second-order valence-electron chi connectivity index (χ2n) is 4.77. The van der Waals surface area contributed by atoms with Crippen LogP contribution < -0.4 is 10.0 Å². The van der Waals surface area contributed by atoms with Crippen LogP contribution in [-0.2, 0) is 10.0 Å². The van der Waals surface area contributed by atoms with E-state index in [1.54, 1.807) is 12.1 Å². The van der Waals surface area contributed by atoms with Crippen molar-refractivity contribution < 1.29 is 12.8 Å². The molecule has 0 aliphatic heterocycles. The Morgan fingerprint density at radius 2 is 1.65 bits per heavy atom. The van der Waals surface area contributed by atoms with Crippen molar-refractivity contribution in [3.05, 3.63) is 47.9 Å². The third kappa shape index (κ3) is 4.03. The van der Waals surface area contributed by atoms with E-state index in [1.165, 1.54) is 0 Å². The number of sulfonamides is 1. The van der Waals surface area contributed by atoms with Gasteiger partial charge in [-0.2, -0.15) is 0 Å². The van der Waals surface area contributed by atoms with Gasteiger partial charge in [-0.05, 0) is 50.2 Å². The maximum absolute atomic E-state index is 11.1. The first-order chi connectivity index (χ1) is 9.33. The number of furan rings is 1. The van der Waals surface area contributed by atoms with Crippen molar-refractivity contribution in [3.8, 4) is 0 Å².